The predicted octanol–water partition coefficient (Wildman–Crippen LogP) is 2.13. The number of sulfonamides is 1. The van der Waals surface area contributed by atoms with Gasteiger partial charge in [-0.15, -0.1) is 0 Å². The standard InChI is InChI=1S/C19H22N2O6S/c1-4-26-19(23)14-8-10-16(11-9-14)27-13-18(22)20-15-6-5-7-17(12-15)28(24,25)21(2)3/h5-12H,4,13H2,1-3H3,(H,20,22). The van der Waals surface area contributed by atoms with E-state index in [1.807, 2.05) is 0 Å². The molecule has 0 fully saturated rings. The maximum absolute atomic E-state index is 12.2. The summed E-state index contributed by atoms with van der Waals surface area (Å²) in [5, 5.41) is 2.59. The Hall–Kier alpha value is -2.91. The number of carbonyl (C=O) groups is 2. The molecule has 2 rings (SSSR count). The minimum Gasteiger partial charge on any atom is -0.484 e. The Morgan fingerprint density at radius 2 is 1.75 bits per heavy atom. The summed E-state index contributed by atoms with van der Waals surface area (Å²) in [7, 11) is -0.728. The number of amides is 1. The zero-order valence-corrected chi connectivity index (χ0v) is 16.7. The fourth-order valence-corrected chi connectivity index (χ4v) is 3.14. The van der Waals surface area contributed by atoms with Crippen molar-refractivity contribution in [3.63, 3.8) is 0 Å². The average Bonchev–Trinajstić information content (AvgIpc) is 2.67. The van der Waals surface area contributed by atoms with Crippen LogP contribution >= 0.6 is 0 Å². The van der Waals surface area contributed by atoms with E-state index in [0.29, 0.717) is 17.0 Å². The summed E-state index contributed by atoms with van der Waals surface area (Å²) >= 11 is 0. The quantitative estimate of drug-likeness (QED) is 0.674. The molecule has 8 nitrogen and oxygen atoms in total. The van der Waals surface area contributed by atoms with Gasteiger partial charge < -0.3 is 14.8 Å². The molecule has 0 aliphatic heterocycles. The third-order valence-electron chi connectivity index (χ3n) is 3.63. The number of carbonyl (C=O) groups excluding carboxylic acids is 2. The van der Waals surface area contributed by atoms with E-state index in [0.717, 1.165) is 4.31 Å². The molecular weight excluding hydrogens is 384 g/mol. The van der Waals surface area contributed by atoms with Gasteiger partial charge in [-0.25, -0.2) is 17.5 Å². The van der Waals surface area contributed by atoms with Crippen molar-refractivity contribution >= 4 is 27.6 Å². The first-order chi connectivity index (χ1) is 13.2. The Morgan fingerprint density at radius 1 is 1.07 bits per heavy atom. The molecule has 0 aromatic heterocycles. The number of ether oxygens (including phenoxy) is 2. The number of anilines is 1. The lowest BCUT2D eigenvalue weighted by Crippen LogP contribution is -2.23. The van der Waals surface area contributed by atoms with Crippen molar-refractivity contribution < 1.29 is 27.5 Å². The Kier molecular flexibility index (Phi) is 7.13. The number of hydrogen-bond donors (Lipinski definition) is 1. The summed E-state index contributed by atoms with van der Waals surface area (Å²) in [5.41, 5.74) is 0.728. The highest BCUT2D eigenvalue weighted by atomic mass is 32.2. The van der Waals surface area contributed by atoms with Crippen LogP contribution in [0.2, 0.25) is 0 Å². The van der Waals surface area contributed by atoms with E-state index in [2.05, 4.69) is 5.32 Å². The predicted molar refractivity (Wildman–Crippen MR) is 104 cm³/mol. The summed E-state index contributed by atoms with van der Waals surface area (Å²) < 4.78 is 35.7. The first-order valence-corrected chi connectivity index (χ1v) is 9.90. The van der Waals surface area contributed by atoms with Crippen molar-refractivity contribution in [2.45, 2.75) is 11.8 Å². The molecule has 9 heteroatoms. The van der Waals surface area contributed by atoms with Gasteiger partial charge >= 0.3 is 5.97 Å². The zero-order chi connectivity index (χ0) is 20.7. The molecule has 0 bridgehead atoms. The second kappa shape index (κ2) is 9.34. The third-order valence-corrected chi connectivity index (χ3v) is 5.44. The normalized spacial score (nSPS) is 11.1. The second-order valence-corrected chi connectivity index (χ2v) is 8.05. The molecule has 150 valence electrons. The highest BCUT2D eigenvalue weighted by Gasteiger charge is 2.17. The van der Waals surface area contributed by atoms with Gasteiger partial charge in [0.05, 0.1) is 17.1 Å². The molecule has 0 aliphatic rings. The number of nitrogens with zero attached hydrogens (tertiary/aromatic N) is 1. The van der Waals surface area contributed by atoms with Crippen LogP contribution in [0.3, 0.4) is 0 Å². The van der Waals surface area contributed by atoms with Gasteiger partial charge in [0.15, 0.2) is 6.61 Å². The van der Waals surface area contributed by atoms with Crippen LogP contribution in [0.4, 0.5) is 5.69 Å². The van der Waals surface area contributed by atoms with E-state index >= 15 is 0 Å². The van der Waals surface area contributed by atoms with Crippen LogP contribution in [0.25, 0.3) is 0 Å². The fraction of sp³-hybridized carbons (Fsp3) is 0.263. The molecule has 1 amide bonds. The van der Waals surface area contributed by atoms with Crippen LogP contribution < -0.4 is 10.1 Å². The highest BCUT2D eigenvalue weighted by molar-refractivity contribution is 7.89. The van der Waals surface area contributed by atoms with Gasteiger partial charge in [-0.2, -0.15) is 0 Å². The number of rotatable bonds is 8. The van der Waals surface area contributed by atoms with Crippen molar-refractivity contribution in [2.24, 2.45) is 0 Å². The SMILES string of the molecule is CCOC(=O)c1ccc(OCC(=O)Nc2cccc(S(=O)(=O)N(C)C)c2)cc1. The molecule has 2 aromatic rings. The minimum atomic E-state index is -3.59. The molecule has 0 saturated heterocycles. The number of nitrogens with one attached hydrogen (secondary N) is 1. The van der Waals surface area contributed by atoms with Crippen LogP contribution in [0.15, 0.2) is 53.4 Å². The lowest BCUT2D eigenvalue weighted by Gasteiger charge is -2.13. The Balaban J connectivity index is 1.95. The van der Waals surface area contributed by atoms with Crippen molar-refractivity contribution in [2.75, 3.05) is 32.6 Å². The molecule has 0 radical (unpaired) electrons. The summed E-state index contributed by atoms with van der Waals surface area (Å²) in [6.45, 7) is 1.73. The van der Waals surface area contributed by atoms with Crippen LogP contribution in [-0.2, 0) is 19.6 Å². The molecule has 0 saturated carbocycles. The molecule has 2 aromatic carbocycles. The smallest absolute Gasteiger partial charge is 0.338 e. The largest absolute Gasteiger partial charge is 0.484 e. The van der Waals surface area contributed by atoms with Gasteiger partial charge in [0.1, 0.15) is 5.75 Å². The van der Waals surface area contributed by atoms with E-state index < -0.39 is 21.9 Å². The first-order valence-electron chi connectivity index (χ1n) is 8.46. The summed E-state index contributed by atoms with van der Waals surface area (Å²) in [4.78, 5) is 23.7. The van der Waals surface area contributed by atoms with Crippen molar-refractivity contribution in [1.82, 2.24) is 4.31 Å². The van der Waals surface area contributed by atoms with Gasteiger partial charge in [0, 0.05) is 19.8 Å². The molecule has 0 aliphatic carbocycles. The molecule has 1 N–H and O–H groups in total. The number of benzene rings is 2. The zero-order valence-electron chi connectivity index (χ0n) is 15.8. The molecule has 0 heterocycles. The van der Waals surface area contributed by atoms with Gasteiger partial charge in [-0.3, -0.25) is 4.79 Å². The second-order valence-electron chi connectivity index (χ2n) is 5.90. The Labute approximate surface area is 164 Å². The third kappa shape index (κ3) is 5.54. The van der Waals surface area contributed by atoms with Gasteiger partial charge in [-0.1, -0.05) is 6.07 Å². The molecule has 0 atom stereocenters. The van der Waals surface area contributed by atoms with Crippen molar-refractivity contribution in [1.29, 1.82) is 0 Å². The maximum Gasteiger partial charge on any atom is 0.338 e. The van der Waals surface area contributed by atoms with E-state index in [4.69, 9.17) is 9.47 Å². The Bertz CT molecular complexity index is 939. The molecular formula is C19H22N2O6S. The van der Waals surface area contributed by atoms with Crippen LogP contribution in [0.1, 0.15) is 17.3 Å². The van der Waals surface area contributed by atoms with Gasteiger partial charge in [0.25, 0.3) is 5.91 Å². The van der Waals surface area contributed by atoms with E-state index in [1.165, 1.54) is 26.2 Å². The van der Waals surface area contributed by atoms with Crippen LogP contribution in [0.5, 0.6) is 5.75 Å². The monoisotopic (exact) mass is 406 g/mol. The molecule has 0 spiro atoms. The highest BCUT2D eigenvalue weighted by Crippen LogP contribution is 2.18. The number of hydrogen-bond acceptors (Lipinski definition) is 6. The molecule has 0 unspecified atom stereocenters. The lowest BCUT2D eigenvalue weighted by atomic mass is 10.2. The number of esters is 1. The first kappa shape index (κ1) is 21.4. The summed E-state index contributed by atoms with van der Waals surface area (Å²) in [6, 6.07) is 12.2. The summed E-state index contributed by atoms with van der Waals surface area (Å²) in [5.74, 6) is -0.472. The lowest BCUT2D eigenvalue weighted by molar-refractivity contribution is -0.118. The minimum absolute atomic E-state index is 0.0748. The Morgan fingerprint density at radius 3 is 2.36 bits per heavy atom. The van der Waals surface area contributed by atoms with E-state index in [-0.39, 0.29) is 18.1 Å². The summed E-state index contributed by atoms with van der Waals surface area (Å²) in [6.07, 6.45) is 0. The topological polar surface area (TPSA) is 102 Å². The average molecular weight is 406 g/mol. The fourth-order valence-electron chi connectivity index (χ4n) is 2.19. The van der Waals surface area contributed by atoms with Crippen LogP contribution in [-0.4, -0.2) is 51.9 Å². The van der Waals surface area contributed by atoms with Gasteiger partial charge in [0.2, 0.25) is 10.0 Å². The van der Waals surface area contributed by atoms with Crippen molar-refractivity contribution in [3.8, 4) is 5.75 Å². The maximum atomic E-state index is 12.2. The van der Waals surface area contributed by atoms with E-state index in [1.54, 1.807) is 43.3 Å². The van der Waals surface area contributed by atoms with E-state index in [9.17, 15) is 18.0 Å². The molecule has 28 heavy (non-hydrogen) atoms. The van der Waals surface area contributed by atoms with Crippen molar-refractivity contribution in [3.05, 3.63) is 54.1 Å². The van der Waals surface area contributed by atoms with Gasteiger partial charge in [-0.05, 0) is 49.4 Å². The van der Waals surface area contributed by atoms with Crippen LogP contribution in [0, 0.1) is 0 Å².